The summed E-state index contributed by atoms with van der Waals surface area (Å²) in [6, 6.07) is 8.88. The van der Waals surface area contributed by atoms with Crippen molar-refractivity contribution in [1.82, 2.24) is 14.4 Å². The summed E-state index contributed by atoms with van der Waals surface area (Å²) < 4.78 is 2.25. The summed E-state index contributed by atoms with van der Waals surface area (Å²) in [5.41, 5.74) is 2.83. The Morgan fingerprint density at radius 3 is 2.63 bits per heavy atom. The number of para-hydroxylation sites is 1. The zero-order valence-electron chi connectivity index (χ0n) is 16.9. The van der Waals surface area contributed by atoms with Gasteiger partial charge in [-0.05, 0) is 81.6 Å². The Morgan fingerprint density at radius 1 is 1.00 bits per heavy atom. The molecule has 2 aliphatic rings. The lowest BCUT2D eigenvalue weighted by Gasteiger charge is -2.32. The number of hydrogen-bond donors (Lipinski definition) is 0. The second-order valence-electron chi connectivity index (χ2n) is 8.69. The lowest BCUT2D eigenvalue weighted by atomic mass is 9.92. The van der Waals surface area contributed by atoms with E-state index in [1.807, 2.05) is 0 Å². The molecule has 2 aliphatic heterocycles. The van der Waals surface area contributed by atoms with Crippen LogP contribution in [0.15, 0.2) is 30.5 Å². The summed E-state index contributed by atoms with van der Waals surface area (Å²) in [6.07, 6.45) is 8.87. The Hall–Kier alpha value is -1.81. The first-order valence-corrected chi connectivity index (χ1v) is 10.6. The molecule has 4 nitrogen and oxygen atoms in total. The maximum Gasteiger partial charge on any atom is 0.225 e. The molecule has 4 heteroatoms. The number of carbonyl (C=O) groups excluding carboxylic acids is 1. The molecule has 1 amide bonds. The monoisotopic (exact) mass is 367 g/mol. The Morgan fingerprint density at radius 2 is 1.81 bits per heavy atom. The lowest BCUT2D eigenvalue weighted by Crippen LogP contribution is -2.42. The van der Waals surface area contributed by atoms with Gasteiger partial charge in [-0.25, -0.2) is 0 Å². The quantitative estimate of drug-likeness (QED) is 0.828. The Bertz CT molecular complexity index is 788. The molecule has 0 radical (unpaired) electrons. The van der Waals surface area contributed by atoms with E-state index in [9.17, 15) is 4.79 Å². The van der Waals surface area contributed by atoms with Crippen molar-refractivity contribution in [2.75, 3.05) is 33.2 Å². The van der Waals surface area contributed by atoms with Crippen LogP contribution in [0, 0.1) is 11.8 Å². The maximum atomic E-state index is 13.0. The first-order chi connectivity index (χ1) is 13.1. The standard InChI is InChI=1S/C23H33N3O/c1-24-13-9-20(10-14-24)23(27)26-12-4-5-18(8-16-26)17-21-7-3-6-19-11-15-25(2)22(19)21/h3,6-7,11,15,18,20H,4-5,8-10,12-14,16-17H2,1-2H3. The molecule has 0 spiro atoms. The van der Waals surface area contributed by atoms with Gasteiger partial charge in [-0.1, -0.05) is 18.2 Å². The largest absolute Gasteiger partial charge is 0.350 e. The molecule has 0 aliphatic carbocycles. The molecule has 4 rings (SSSR count). The summed E-state index contributed by atoms with van der Waals surface area (Å²) in [7, 11) is 4.30. The van der Waals surface area contributed by atoms with Crippen LogP contribution < -0.4 is 0 Å². The highest BCUT2D eigenvalue weighted by atomic mass is 16.2. The van der Waals surface area contributed by atoms with Crippen molar-refractivity contribution in [3.05, 3.63) is 36.0 Å². The fourth-order valence-electron chi connectivity index (χ4n) is 5.02. The highest BCUT2D eigenvalue weighted by Crippen LogP contribution is 2.28. The van der Waals surface area contributed by atoms with Crippen LogP contribution in [0.2, 0.25) is 0 Å². The van der Waals surface area contributed by atoms with E-state index in [1.165, 1.54) is 22.9 Å². The van der Waals surface area contributed by atoms with Crippen LogP contribution in [0.4, 0.5) is 0 Å². The fourth-order valence-corrected chi connectivity index (χ4v) is 5.02. The van der Waals surface area contributed by atoms with Gasteiger partial charge in [0.1, 0.15) is 0 Å². The molecule has 3 heterocycles. The predicted molar refractivity (Wildman–Crippen MR) is 111 cm³/mol. The number of piperidine rings is 1. The van der Waals surface area contributed by atoms with Crippen molar-refractivity contribution in [2.24, 2.45) is 18.9 Å². The van der Waals surface area contributed by atoms with Crippen LogP contribution in [-0.4, -0.2) is 53.5 Å². The zero-order valence-corrected chi connectivity index (χ0v) is 16.9. The minimum absolute atomic E-state index is 0.259. The Balaban J connectivity index is 1.38. The number of fused-ring (bicyclic) bond motifs is 1. The van der Waals surface area contributed by atoms with Crippen LogP contribution >= 0.6 is 0 Å². The van der Waals surface area contributed by atoms with Gasteiger partial charge >= 0.3 is 0 Å². The van der Waals surface area contributed by atoms with Crippen LogP contribution in [0.1, 0.15) is 37.7 Å². The molecular formula is C23H33N3O. The number of nitrogens with zero attached hydrogens (tertiary/aromatic N) is 3. The summed E-state index contributed by atoms with van der Waals surface area (Å²) in [5, 5.41) is 1.34. The number of aryl methyl sites for hydroxylation is 1. The molecule has 1 atom stereocenters. The van der Waals surface area contributed by atoms with E-state index in [-0.39, 0.29) is 5.92 Å². The molecule has 2 aromatic rings. The molecule has 1 unspecified atom stereocenters. The molecule has 2 saturated heterocycles. The van der Waals surface area contributed by atoms with Crippen molar-refractivity contribution in [3.8, 4) is 0 Å². The molecule has 0 N–H and O–H groups in total. The van der Waals surface area contributed by atoms with Gasteiger partial charge in [0.15, 0.2) is 0 Å². The molecule has 27 heavy (non-hydrogen) atoms. The third-order valence-corrected chi connectivity index (χ3v) is 6.72. The van der Waals surface area contributed by atoms with E-state index < -0.39 is 0 Å². The van der Waals surface area contributed by atoms with E-state index >= 15 is 0 Å². The highest BCUT2D eigenvalue weighted by Gasteiger charge is 2.29. The number of rotatable bonds is 3. The second-order valence-corrected chi connectivity index (χ2v) is 8.69. The van der Waals surface area contributed by atoms with Crippen molar-refractivity contribution in [2.45, 2.75) is 38.5 Å². The van der Waals surface area contributed by atoms with Gasteiger partial charge in [-0.3, -0.25) is 4.79 Å². The van der Waals surface area contributed by atoms with E-state index in [2.05, 4.69) is 58.9 Å². The maximum absolute atomic E-state index is 13.0. The minimum atomic E-state index is 0.259. The summed E-state index contributed by atoms with van der Waals surface area (Å²) in [4.78, 5) is 17.5. The summed E-state index contributed by atoms with van der Waals surface area (Å²) in [5.74, 6) is 1.36. The van der Waals surface area contributed by atoms with Crippen LogP contribution in [0.3, 0.4) is 0 Å². The Kier molecular flexibility index (Phi) is 5.53. The third kappa shape index (κ3) is 4.06. The van der Waals surface area contributed by atoms with Crippen LogP contribution in [-0.2, 0) is 18.3 Å². The van der Waals surface area contributed by atoms with E-state index in [4.69, 9.17) is 0 Å². The van der Waals surface area contributed by atoms with E-state index in [0.29, 0.717) is 11.8 Å². The van der Waals surface area contributed by atoms with Gasteiger partial charge in [0.05, 0.1) is 5.52 Å². The normalized spacial score (nSPS) is 22.9. The average Bonchev–Trinajstić information content (AvgIpc) is 2.91. The average molecular weight is 368 g/mol. The van der Waals surface area contributed by atoms with Gasteiger partial charge in [0.2, 0.25) is 5.91 Å². The van der Waals surface area contributed by atoms with Gasteiger partial charge in [0, 0.05) is 32.3 Å². The predicted octanol–water partition coefficient (Wildman–Crippen LogP) is 3.69. The number of aromatic nitrogens is 1. The highest BCUT2D eigenvalue weighted by molar-refractivity contribution is 5.83. The molecule has 0 saturated carbocycles. The minimum Gasteiger partial charge on any atom is -0.350 e. The van der Waals surface area contributed by atoms with Crippen molar-refractivity contribution < 1.29 is 4.79 Å². The van der Waals surface area contributed by atoms with Gasteiger partial charge in [-0.2, -0.15) is 0 Å². The van der Waals surface area contributed by atoms with Gasteiger partial charge < -0.3 is 14.4 Å². The van der Waals surface area contributed by atoms with Crippen LogP contribution in [0.25, 0.3) is 10.9 Å². The number of carbonyl (C=O) groups is 1. The van der Waals surface area contributed by atoms with E-state index in [0.717, 1.165) is 58.3 Å². The Labute approximate surface area is 163 Å². The number of amides is 1. The first-order valence-electron chi connectivity index (χ1n) is 10.6. The first kappa shape index (κ1) is 18.5. The van der Waals surface area contributed by atoms with Crippen molar-refractivity contribution >= 4 is 16.8 Å². The number of likely N-dealkylation sites (tertiary alicyclic amines) is 2. The van der Waals surface area contributed by atoms with E-state index in [1.54, 1.807) is 0 Å². The number of benzene rings is 1. The van der Waals surface area contributed by atoms with Gasteiger partial charge in [-0.15, -0.1) is 0 Å². The number of hydrogen-bond acceptors (Lipinski definition) is 2. The molecule has 146 valence electrons. The lowest BCUT2D eigenvalue weighted by molar-refractivity contribution is -0.136. The molecule has 2 fully saturated rings. The smallest absolute Gasteiger partial charge is 0.225 e. The SMILES string of the molecule is CN1CCC(C(=O)N2CCCC(Cc3cccc4ccn(C)c34)CC2)CC1. The van der Waals surface area contributed by atoms with Crippen molar-refractivity contribution in [3.63, 3.8) is 0 Å². The molecule has 0 bridgehead atoms. The van der Waals surface area contributed by atoms with Crippen molar-refractivity contribution in [1.29, 1.82) is 0 Å². The second kappa shape index (κ2) is 8.05. The molecule has 1 aromatic heterocycles. The molecular weight excluding hydrogens is 334 g/mol. The topological polar surface area (TPSA) is 28.5 Å². The third-order valence-electron chi connectivity index (χ3n) is 6.72. The summed E-state index contributed by atoms with van der Waals surface area (Å²) >= 11 is 0. The molecule has 1 aromatic carbocycles. The summed E-state index contributed by atoms with van der Waals surface area (Å²) in [6.45, 7) is 4.02. The van der Waals surface area contributed by atoms with Crippen LogP contribution in [0.5, 0.6) is 0 Å². The zero-order chi connectivity index (χ0) is 18.8. The van der Waals surface area contributed by atoms with Gasteiger partial charge in [0.25, 0.3) is 0 Å². The fraction of sp³-hybridized carbons (Fsp3) is 0.609.